The summed E-state index contributed by atoms with van der Waals surface area (Å²) in [6, 6.07) is 8.22. The fourth-order valence-electron chi connectivity index (χ4n) is 2.93. The Bertz CT molecular complexity index is 887. The highest BCUT2D eigenvalue weighted by Crippen LogP contribution is 2.38. The van der Waals surface area contributed by atoms with Crippen LogP contribution in [0.3, 0.4) is 0 Å². The molecular formula is C17H15IN4S. The first-order chi connectivity index (χ1) is 11.3. The normalized spacial score (nSPS) is 14.3. The van der Waals surface area contributed by atoms with Crippen molar-refractivity contribution in [3.63, 3.8) is 0 Å². The van der Waals surface area contributed by atoms with Crippen LogP contribution in [0.4, 0.5) is 5.82 Å². The molecule has 2 heterocycles. The van der Waals surface area contributed by atoms with E-state index in [1.54, 1.807) is 17.7 Å². The molecule has 6 heteroatoms. The summed E-state index contributed by atoms with van der Waals surface area (Å²) < 4.78 is 1.20. The van der Waals surface area contributed by atoms with Crippen molar-refractivity contribution < 1.29 is 0 Å². The van der Waals surface area contributed by atoms with Crippen LogP contribution in [-0.2, 0) is 12.8 Å². The molecule has 1 aromatic carbocycles. The standard InChI is InChI=1S/C17H15IN4S/c18-12-5-3-4-11(8-12)9-21-22-16-15-13-6-1-2-7-14(13)23-17(15)20-10-19-16/h3-5,8-10H,1-2,6-7H2,(H,19,20,22)/b21-9+. The van der Waals surface area contributed by atoms with Gasteiger partial charge in [-0.3, -0.25) is 5.43 Å². The molecule has 116 valence electrons. The zero-order chi connectivity index (χ0) is 15.6. The number of anilines is 1. The average Bonchev–Trinajstić information content (AvgIpc) is 2.94. The highest BCUT2D eigenvalue weighted by molar-refractivity contribution is 14.1. The third-order valence-corrected chi connectivity index (χ3v) is 5.85. The van der Waals surface area contributed by atoms with Crippen molar-refractivity contribution in [3.05, 3.63) is 50.2 Å². The van der Waals surface area contributed by atoms with Crippen molar-refractivity contribution in [2.24, 2.45) is 5.10 Å². The van der Waals surface area contributed by atoms with Gasteiger partial charge in [-0.25, -0.2) is 9.97 Å². The van der Waals surface area contributed by atoms with Gasteiger partial charge in [0.25, 0.3) is 0 Å². The Hall–Kier alpha value is -1.54. The Morgan fingerprint density at radius 1 is 1.22 bits per heavy atom. The number of hydrogen-bond acceptors (Lipinski definition) is 5. The van der Waals surface area contributed by atoms with Crippen LogP contribution in [0, 0.1) is 3.57 Å². The van der Waals surface area contributed by atoms with Crippen LogP contribution in [-0.4, -0.2) is 16.2 Å². The van der Waals surface area contributed by atoms with Gasteiger partial charge in [-0.2, -0.15) is 5.10 Å². The number of aryl methyl sites for hydroxylation is 2. The van der Waals surface area contributed by atoms with E-state index in [0.717, 1.165) is 28.0 Å². The maximum Gasteiger partial charge on any atom is 0.158 e. The van der Waals surface area contributed by atoms with Gasteiger partial charge in [0, 0.05) is 8.45 Å². The number of benzene rings is 1. The number of rotatable bonds is 3. The van der Waals surface area contributed by atoms with E-state index in [2.05, 4.69) is 55.2 Å². The number of nitrogens with one attached hydrogen (secondary N) is 1. The molecule has 23 heavy (non-hydrogen) atoms. The van der Waals surface area contributed by atoms with E-state index in [0.29, 0.717) is 0 Å². The zero-order valence-corrected chi connectivity index (χ0v) is 15.4. The van der Waals surface area contributed by atoms with Crippen molar-refractivity contribution in [2.75, 3.05) is 5.43 Å². The molecule has 0 saturated heterocycles. The summed E-state index contributed by atoms with van der Waals surface area (Å²) in [4.78, 5) is 11.4. The summed E-state index contributed by atoms with van der Waals surface area (Å²) in [6.07, 6.45) is 8.27. The number of thiophene rings is 1. The molecule has 0 fully saturated rings. The SMILES string of the molecule is Ic1cccc(/C=N/Nc2ncnc3sc4c(c23)CCCC4)c1. The second-order valence-electron chi connectivity index (χ2n) is 5.54. The van der Waals surface area contributed by atoms with Crippen LogP contribution in [0.5, 0.6) is 0 Å². The fraction of sp³-hybridized carbons (Fsp3) is 0.235. The monoisotopic (exact) mass is 434 g/mol. The molecule has 0 radical (unpaired) electrons. The number of nitrogens with zero attached hydrogens (tertiary/aromatic N) is 3. The molecule has 0 spiro atoms. The van der Waals surface area contributed by atoms with Crippen molar-refractivity contribution in [3.8, 4) is 0 Å². The predicted molar refractivity (Wildman–Crippen MR) is 104 cm³/mol. The van der Waals surface area contributed by atoms with E-state index in [1.807, 2.05) is 18.3 Å². The van der Waals surface area contributed by atoms with E-state index in [1.165, 1.54) is 33.3 Å². The van der Waals surface area contributed by atoms with Crippen molar-refractivity contribution in [2.45, 2.75) is 25.7 Å². The van der Waals surface area contributed by atoms with Gasteiger partial charge in [-0.1, -0.05) is 12.1 Å². The third-order valence-electron chi connectivity index (χ3n) is 3.98. The van der Waals surface area contributed by atoms with Crippen LogP contribution in [0.1, 0.15) is 28.8 Å². The molecule has 0 aliphatic heterocycles. The molecule has 1 aliphatic carbocycles. The molecule has 2 aromatic heterocycles. The van der Waals surface area contributed by atoms with Crippen molar-refractivity contribution in [1.82, 2.24) is 9.97 Å². The topological polar surface area (TPSA) is 50.2 Å². The van der Waals surface area contributed by atoms with Crippen LogP contribution < -0.4 is 5.43 Å². The summed E-state index contributed by atoms with van der Waals surface area (Å²) in [7, 11) is 0. The molecule has 4 nitrogen and oxygen atoms in total. The van der Waals surface area contributed by atoms with Gasteiger partial charge in [-0.15, -0.1) is 11.3 Å². The lowest BCUT2D eigenvalue weighted by molar-refractivity contribution is 0.700. The number of hydrazone groups is 1. The van der Waals surface area contributed by atoms with E-state index < -0.39 is 0 Å². The van der Waals surface area contributed by atoms with Gasteiger partial charge in [0.05, 0.1) is 11.6 Å². The lowest BCUT2D eigenvalue weighted by Gasteiger charge is -2.11. The second kappa shape index (κ2) is 6.52. The van der Waals surface area contributed by atoms with E-state index >= 15 is 0 Å². The molecule has 0 amide bonds. The molecule has 0 unspecified atom stereocenters. The molecule has 0 atom stereocenters. The molecular weight excluding hydrogens is 419 g/mol. The van der Waals surface area contributed by atoms with Crippen LogP contribution in [0.15, 0.2) is 35.7 Å². The zero-order valence-electron chi connectivity index (χ0n) is 12.4. The van der Waals surface area contributed by atoms with E-state index in [-0.39, 0.29) is 0 Å². The van der Waals surface area contributed by atoms with Gasteiger partial charge in [-0.05, 0) is 71.5 Å². The molecule has 0 bridgehead atoms. The second-order valence-corrected chi connectivity index (χ2v) is 7.87. The summed E-state index contributed by atoms with van der Waals surface area (Å²) >= 11 is 4.10. The Morgan fingerprint density at radius 3 is 3.04 bits per heavy atom. The summed E-state index contributed by atoms with van der Waals surface area (Å²) in [6.45, 7) is 0. The maximum absolute atomic E-state index is 4.44. The van der Waals surface area contributed by atoms with E-state index in [9.17, 15) is 0 Å². The minimum Gasteiger partial charge on any atom is -0.261 e. The Balaban J connectivity index is 1.65. The highest BCUT2D eigenvalue weighted by Gasteiger charge is 2.19. The quantitative estimate of drug-likeness (QED) is 0.372. The van der Waals surface area contributed by atoms with Crippen LogP contribution in [0.2, 0.25) is 0 Å². The first-order valence-electron chi connectivity index (χ1n) is 7.61. The van der Waals surface area contributed by atoms with Crippen LogP contribution >= 0.6 is 33.9 Å². The average molecular weight is 434 g/mol. The number of fused-ring (bicyclic) bond motifs is 3. The molecule has 4 rings (SSSR count). The molecule has 3 aromatic rings. The van der Waals surface area contributed by atoms with Gasteiger partial charge in [0.1, 0.15) is 11.2 Å². The Morgan fingerprint density at radius 2 is 2.13 bits per heavy atom. The van der Waals surface area contributed by atoms with Gasteiger partial charge >= 0.3 is 0 Å². The first kappa shape index (κ1) is 15.0. The number of halogens is 1. The van der Waals surface area contributed by atoms with Crippen molar-refractivity contribution >= 4 is 56.2 Å². The maximum atomic E-state index is 4.44. The van der Waals surface area contributed by atoms with E-state index in [4.69, 9.17) is 0 Å². The largest absolute Gasteiger partial charge is 0.261 e. The minimum absolute atomic E-state index is 0.816. The predicted octanol–water partition coefficient (Wildman–Crippen LogP) is 4.62. The van der Waals surface area contributed by atoms with Gasteiger partial charge < -0.3 is 0 Å². The first-order valence-corrected chi connectivity index (χ1v) is 9.51. The van der Waals surface area contributed by atoms with Crippen molar-refractivity contribution in [1.29, 1.82) is 0 Å². The lowest BCUT2D eigenvalue weighted by Crippen LogP contribution is -2.00. The Labute approximate surface area is 152 Å². The van der Waals surface area contributed by atoms with Gasteiger partial charge in [0.2, 0.25) is 0 Å². The van der Waals surface area contributed by atoms with Crippen LogP contribution in [0.25, 0.3) is 10.2 Å². The Kier molecular flexibility index (Phi) is 4.26. The smallest absolute Gasteiger partial charge is 0.158 e. The molecule has 1 aliphatic rings. The molecule has 0 saturated carbocycles. The summed E-state index contributed by atoms with van der Waals surface area (Å²) in [5, 5.41) is 5.53. The number of hydrogen-bond donors (Lipinski definition) is 1. The lowest BCUT2D eigenvalue weighted by atomic mass is 9.97. The fourth-order valence-corrected chi connectivity index (χ4v) is 4.73. The molecule has 1 N–H and O–H groups in total. The van der Waals surface area contributed by atoms with Gasteiger partial charge in [0.15, 0.2) is 5.82 Å². The minimum atomic E-state index is 0.816. The highest BCUT2D eigenvalue weighted by atomic mass is 127. The third kappa shape index (κ3) is 3.10. The number of aromatic nitrogens is 2. The summed E-state index contributed by atoms with van der Waals surface area (Å²) in [5.74, 6) is 0.816. The summed E-state index contributed by atoms with van der Waals surface area (Å²) in [5.41, 5.74) is 5.61.